The van der Waals surface area contributed by atoms with Gasteiger partial charge in [0.05, 0.1) is 7.11 Å². The van der Waals surface area contributed by atoms with Crippen molar-refractivity contribution in [1.29, 1.82) is 0 Å². The summed E-state index contributed by atoms with van der Waals surface area (Å²) >= 11 is 0. The van der Waals surface area contributed by atoms with E-state index >= 15 is 0 Å². The van der Waals surface area contributed by atoms with Gasteiger partial charge in [-0.2, -0.15) is 0 Å². The van der Waals surface area contributed by atoms with E-state index in [0.717, 1.165) is 17.7 Å². The molecule has 0 aliphatic heterocycles. The van der Waals surface area contributed by atoms with E-state index in [1.165, 1.54) is 16.7 Å². The van der Waals surface area contributed by atoms with E-state index in [4.69, 9.17) is 9.47 Å². The van der Waals surface area contributed by atoms with Crippen LogP contribution in [0.5, 0.6) is 5.75 Å². The maximum atomic E-state index is 11.7. The molecule has 2 aromatic rings. The smallest absolute Gasteiger partial charge is 0.407 e. The fourth-order valence-electron chi connectivity index (χ4n) is 2.55. The van der Waals surface area contributed by atoms with Gasteiger partial charge in [0.2, 0.25) is 0 Å². The molecule has 132 valence electrons. The third-order valence-corrected chi connectivity index (χ3v) is 3.88. The summed E-state index contributed by atoms with van der Waals surface area (Å²) in [4.78, 5) is 11.7. The molecular weight excluding hydrogens is 314 g/mol. The fraction of sp³-hybridized carbons (Fsp3) is 0.286. The first-order valence-electron chi connectivity index (χ1n) is 8.36. The van der Waals surface area contributed by atoms with Crippen molar-refractivity contribution >= 4 is 12.2 Å². The van der Waals surface area contributed by atoms with Crippen LogP contribution in [0.15, 0.2) is 48.5 Å². The predicted octanol–water partition coefficient (Wildman–Crippen LogP) is 4.64. The second kappa shape index (κ2) is 9.52. The van der Waals surface area contributed by atoms with Gasteiger partial charge < -0.3 is 14.8 Å². The van der Waals surface area contributed by atoms with Crippen LogP contribution in [0.3, 0.4) is 0 Å². The molecule has 1 amide bonds. The van der Waals surface area contributed by atoms with E-state index in [1.54, 1.807) is 7.11 Å². The summed E-state index contributed by atoms with van der Waals surface area (Å²) in [6, 6.07) is 13.7. The summed E-state index contributed by atoms with van der Waals surface area (Å²) in [5.74, 6) is 0.870. The van der Waals surface area contributed by atoms with Gasteiger partial charge in [-0.25, -0.2) is 4.79 Å². The Morgan fingerprint density at radius 1 is 1.12 bits per heavy atom. The average molecular weight is 339 g/mol. The molecule has 0 spiro atoms. The van der Waals surface area contributed by atoms with Crippen LogP contribution < -0.4 is 10.1 Å². The van der Waals surface area contributed by atoms with Crippen LogP contribution in [0.4, 0.5) is 4.79 Å². The van der Waals surface area contributed by atoms with Gasteiger partial charge in [-0.1, -0.05) is 42.5 Å². The van der Waals surface area contributed by atoms with Crippen LogP contribution in [-0.2, 0) is 11.3 Å². The van der Waals surface area contributed by atoms with Gasteiger partial charge in [-0.3, -0.25) is 0 Å². The second-order valence-corrected chi connectivity index (χ2v) is 5.85. The Bertz CT molecular complexity index is 700. The zero-order chi connectivity index (χ0) is 18.1. The molecule has 0 aliphatic rings. The average Bonchev–Trinajstić information content (AvgIpc) is 2.62. The molecule has 4 nitrogen and oxygen atoms in total. The van der Waals surface area contributed by atoms with Crippen LogP contribution >= 0.6 is 0 Å². The first-order valence-corrected chi connectivity index (χ1v) is 8.36. The Balaban J connectivity index is 1.73. The zero-order valence-corrected chi connectivity index (χ0v) is 15.0. The van der Waals surface area contributed by atoms with Crippen LogP contribution in [0.1, 0.15) is 28.7 Å². The minimum atomic E-state index is -0.394. The number of benzene rings is 2. The first-order chi connectivity index (χ1) is 12.1. The monoisotopic (exact) mass is 339 g/mol. The number of amides is 1. The number of carbonyl (C=O) groups is 1. The van der Waals surface area contributed by atoms with Gasteiger partial charge in [-0.15, -0.1) is 0 Å². The third kappa shape index (κ3) is 5.99. The maximum Gasteiger partial charge on any atom is 0.407 e. The van der Waals surface area contributed by atoms with E-state index in [2.05, 4.69) is 31.3 Å². The van der Waals surface area contributed by atoms with Crippen molar-refractivity contribution in [1.82, 2.24) is 5.32 Å². The van der Waals surface area contributed by atoms with Crippen molar-refractivity contribution in [3.05, 3.63) is 70.8 Å². The van der Waals surface area contributed by atoms with Crippen LogP contribution in [-0.4, -0.2) is 19.7 Å². The molecule has 2 aromatic carbocycles. The standard InChI is InChI=1S/C21H25NO3/c1-16-13-19(24-3)14-17(2)20(16)11-7-8-12-22-21(23)25-15-18-9-5-4-6-10-18/h4-7,9-11,13-14H,8,12,15H2,1-3H3,(H,22,23). The SMILES string of the molecule is COc1cc(C)c(C=CCCNC(=O)OCc2ccccc2)c(C)c1. The van der Waals surface area contributed by atoms with Gasteiger partial charge in [0, 0.05) is 6.54 Å². The third-order valence-electron chi connectivity index (χ3n) is 3.88. The molecule has 4 heteroatoms. The van der Waals surface area contributed by atoms with Crippen molar-refractivity contribution < 1.29 is 14.3 Å². The molecule has 2 rings (SSSR count). The highest BCUT2D eigenvalue weighted by atomic mass is 16.5. The topological polar surface area (TPSA) is 47.6 Å². The largest absolute Gasteiger partial charge is 0.497 e. The number of aryl methyl sites for hydroxylation is 2. The fourth-order valence-corrected chi connectivity index (χ4v) is 2.55. The van der Waals surface area contributed by atoms with Crippen molar-refractivity contribution in [2.75, 3.05) is 13.7 Å². The first kappa shape index (κ1) is 18.6. The van der Waals surface area contributed by atoms with E-state index in [0.29, 0.717) is 6.54 Å². The highest BCUT2D eigenvalue weighted by Gasteiger charge is 2.03. The summed E-state index contributed by atoms with van der Waals surface area (Å²) in [6.45, 7) is 4.95. The molecule has 25 heavy (non-hydrogen) atoms. The van der Waals surface area contributed by atoms with Gasteiger partial charge in [0.1, 0.15) is 12.4 Å². The molecule has 0 heterocycles. The van der Waals surface area contributed by atoms with Crippen LogP contribution in [0.2, 0.25) is 0 Å². The van der Waals surface area contributed by atoms with Crippen LogP contribution in [0.25, 0.3) is 6.08 Å². The highest BCUT2D eigenvalue weighted by Crippen LogP contribution is 2.22. The lowest BCUT2D eigenvalue weighted by Gasteiger charge is -2.09. The number of alkyl carbamates (subject to hydrolysis) is 1. The number of methoxy groups -OCH3 is 1. The minimum Gasteiger partial charge on any atom is -0.497 e. The molecule has 1 N–H and O–H groups in total. The van der Waals surface area contributed by atoms with Gasteiger partial charge >= 0.3 is 6.09 Å². The number of ether oxygens (including phenoxy) is 2. The highest BCUT2D eigenvalue weighted by molar-refractivity contribution is 5.67. The molecule has 0 atom stereocenters. The molecule has 0 saturated carbocycles. The lowest BCUT2D eigenvalue weighted by Crippen LogP contribution is -2.24. The molecule has 0 unspecified atom stereocenters. The van der Waals surface area contributed by atoms with Gasteiger partial charge in [0.25, 0.3) is 0 Å². The van der Waals surface area contributed by atoms with E-state index < -0.39 is 6.09 Å². The van der Waals surface area contributed by atoms with Crippen molar-refractivity contribution in [3.63, 3.8) is 0 Å². The van der Waals surface area contributed by atoms with Crippen molar-refractivity contribution in [2.45, 2.75) is 26.9 Å². The molecular formula is C21H25NO3. The summed E-state index contributed by atoms with van der Waals surface area (Å²) in [5.41, 5.74) is 4.50. The number of hydrogen-bond donors (Lipinski definition) is 1. The summed E-state index contributed by atoms with van der Waals surface area (Å²) in [7, 11) is 1.67. The van der Waals surface area contributed by atoms with Crippen LogP contribution in [0, 0.1) is 13.8 Å². The molecule has 0 aromatic heterocycles. The van der Waals surface area contributed by atoms with Crippen molar-refractivity contribution in [2.24, 2.45) is 0 Å². The summed E-state index contributed by atoms with van der Waals surface area (Å²) < 4.78 is 10.4. The molecule has 0 bridgehead atoms. The Hall–Kier alpha value is -2.75. The number of carbonyl (C=O) groups excluding carboxylic acids is 1. The summed E-state index contributed by atoms with van der Waals surface area (Å²) in [5, 5.41) is 2.75. The Labute approximate surface area is 149 Å². The van der Waals surface area contributed by atoms with E-state index in [9.17, 15) is 4.79 Å². The van der Waals surface area contributed by atoms with Gasteiger partial charge in [-0.05, 0) is 54.7 Å². The minimum absolute atomic E-state index is 0.284. The lowest BCUT2D eigenvalue weighted by molar-refractivity contribution is 0.140. The summed E-state index contributed by atoms with van der Waals surface area (Å²) in [6.07, 6.45) is 4.49. The zero-order valence-electron chi connectivity index (χ0n) is 15.0. The van der Waals surface area contributed by atoms with Gasteiger partial charge in [0.15, 0.2) is 0 Å². The number of nitrogens with one attached hydrogen (secondary N) is 1. The number of hydrogen-bond acceptors (Lipinski definition) is 3. The molecule has 0 aliphatic carbocycles. The molecule has 0 saturated heterocycles. The Morgan fingerprint density at radius 2 is 1.80 bits per heavy atom. The number of rotatable bonds is 7. The van der Waals surface area contributed by atoms with Crippen molar-refractivity contribution in [3.8, 4) is 5.75 Å². The maximum absolute atomic E-state index is 11.7. The molecule has 0 fully saturated rings. The Morgan fingerprint density at radius 3 is 2.44 bits per heavy atom. The van der Waals surface area contributed by atoms with E-state index in [-0.39, 0.29) is 6.61 Å². The quantitative estimate of drug-likeness (QED) is 0.748. The molecule has 0 radical (unpaired) electrons. The second-order valence-electron chi connectivity index (χ2n) is 5.85. The normalized spacial score (nSPS) is 10.7. The predicted molar refractivity (Wildman–Crippen MR) is 101 cm³/mol. The van der Waals surface area contributed by atoms with E-state index in [1.807, 2.05) is 42.5 Å². The Kier molecular flexibility index (Phi) is 7.08. The lowest BCUT2D eigenvalue weighted by atomic mass is 10.0.